The summed E-state index contributed by atoms with van der Waals surface area (Å²) in [7, 11) is -3.58. The first kappa shape index (κ1) is 24.6. The normalized spacial score (nSPS) is 16.1. The lowest BCUT2D eigenvalue weighted by molar-refractivity contribution is 0.0936. The van der Waals surface area contributed by atoms with Gasteiger partial charge in [-0.1, -0.05) is 30.2 Å². The van der Waals surface area contributed by atoms with Crippen molar-refractivity contribution in [1.29, 1.82) is 0 Å². The van der Waals surface area contributed by atoms with Crippen LogP contribution in [0.25, 0.3) is 10.8 Å². The summed E-state index contributed by atoms with van der Waals surface area (Å²) < 4.78 is 30.0. The van der Waals surface area contributed by atoms with E-state index >= 15 is 0 Å². The van der Waals surface area contributed by atoms with Gasteiger partial charge in [0.25, 0.3) is 16.0 Å². The first-order valence-electron chi connectivity index (χ1n) is 11.3. The SMILES string of the molecule is CC#CCn1c(C(=O)NCc2nc(C)cc3ccccc23)nnc1N1CCCC(OS(C)(=O)=O)C1. The average molecular weight is 497 g/mol. The molecule has 1 fully saturated rings. The van der Waals surface area contributed by atoms with Crippen molar-refractivity contribution >= 4 is 32.7 Å². The molecule has 1 N–H and O–H groups in total. The van der Waals surface area contributed by atoms with Crippen molar-refractivity contribution in [2.45, 2.75) is 45.9 Å². The van der Waals surface area contributed by atoms with E-state index in [0.29, 0.717) is 25.5 Å². The summed E-state index contributed by atoms with van der Waals surface area (Å²) in [5.41, 5.74) is 1.64. The van der Waals surface area contributed by atoms with E-state index in [1.165, 1.54) is 0 Å². The van der Waals surface area contributed by atoms with Gasteiger partial charge in [0.1, 0.15) is 0 Å². The minimum absolute atomic E-state index is 0.130. The number of piperidine rings is 1. The fourth-order valence-corrected chi connectivity index (χ4v) is 4.89. The van der Waals surface area contributed by atoms with Crippen molar-refractivity contribution in [2.24, 2.45) is 0 Å². The Morgan fingerprint density at radius 3 is 2.86 bits per heavy atom. The number of pyridine rings is 1. The summed E-state index contributed by atoms with van der Waals surface area (Å²) in [5, 5.41) is 13.3. The van der Waals surface area contributed by atoms with Gasteiger partial charge >= 0.3 is 0 Å². The highest BCUT2D eigenvalue weighted by Crippen LogP contribution is 2.22. The molecule has 0 bridgehead atoms. The van der Waals surface area contributed by atoms with Crippen LogP contribution in [-0.4, -0.2) is 59.5 Å². The summed E-state index contributed by atoms with van der Waals surface area (Å²) in [4.78, 5) is 19.6. The van der Waals surface area contributed by atoms with Gasteiger partial charge in [0.2, 0.25) is 11.8 Å². The third-order valence-electron chi connectivity index (χ3n) is 5.68. The van der Waals surface area contributed by atoms with Gasteiger partial charge in [-0.3, -0.25) is 18.5 Å². The molecule has 1 saturated heterocycles. The highest BCUT2D eigenvalue weighted by molar-refractivity contribution is 7.86. The predicted octanol–water partition coefficient (Wildman–Crippen LogP) is 2.03. The van der Waals surface area contributed by atoms with Crippen molar-refractivity contribution in [1.82, 2.24) is 25.1 Å². The standard InChI is InChI=1S/C24H28N6O4S/c1-4-5-13-30-22(27-28-24(30)29-12-8-10-19(16-29)34-35(3,32)33)23(31)25-15-21-20-11-7-6-9-18(20)14-17(2)26-21/h6-7,9,11,14,19H,8,10,12-13,15-16H2,1-3H3,(H,25,31). The molecule has 0 radical (unpaired) electrons. The summed E-state index contributed by atoms with van der Waals surface area (Å²) >= 11 is 0. The molecule has 184 valence electrons. The van der Waals surface area contributed by atoms with Gasteiger partial charge in [0.05, 0.1) is 31.1 Å². The molecule has 1 unspecified atom stereocenters. The number of hydrogen-bond acceptors (Lipinski definition) is 8. The Morgan fingerprint density at radius 2 is 2.09 bits per heavy atom. The summed E-state index contributed by atoms with van der Waals surface area (Å²) in [5.74, 6) is 6.00. The van der Waals surface area contributed by atoms with Crippen LogP contribution in [0, 0.1) is 18.8 Å². The van der Waals surface area contributed by atoms with Crippen LogP contribution in [0.1, 0.15) is 41.8 Å². The van der Waals surface area contributed by atoms with Crippen LogP contribution >= 0.6 is 0 Å². The Labute approximate surface area is 204 Å². The monoisotopic (exact) mass is 496 g/mol. The molecule has 1 aromatic carbocycles. The predicted molar refractivity (Wildman–Crippen MR) is 132 cm³/mol. The Bertz CT molecular complexity index is 1410. The summed E-state index contributed by atoms with van der Waals surface area (Å²) in [6.45, 7) is 5.06. The number of benzene rings is 1. The Morgan fingerprint density at radius 1 is 1.29 bits per heavy atom. The van der Waals surface area contributed by atoms with Crippen molar-refractivity contribution in [3.05, 3.63) is 47.5 Å². The molecule has 0 aliphatic carbocycles. The van der Waals surface area contributed by atoms with Gasteiger partial charge in [-0.05, 0) is 38.1 Å². The number of rotatable bonds is 7. The van der Waals surface area contributed by atoms with Gasteiger partial charge in [-0.2, -0.15) is 8.42 Å². The Hall–Kier alpha value is -3.49. The molecular weight excluding hydrogens is 468 g/mol. The second-order valence-electron chi connectivity index (χ2n) is 8.46. The minimum atomic E-state index is -3.58. The van der Waals surface area contributed by atoms with Crippen molar-refractivity contribution in [2.75, 3.05) is 24.2 Å². The highest BCUT2D eigenvalue weighted by Gasteiger charge is 2.29. The van der Waals surface area contributed by atoms with Crippen molar-refractivity contribution in [3.8, 4) is 11.8 Å². The number of amides is 1. The molecule has 1 aliphatic heterocycles. The number of nitrogens with one attached hydrogen (secondary N) is 1. The average Bonchev–Trinajstić information content (AvgIpc) is 3.24. The van der Waals surface area contributed by atoms with Crippen LogP contribution in [0.2, 0.25) is 0 Å². The number of carbonyl (C=O) groups is 1. The number of carbonyl (C=O) groups excluding carboxylic acids is 1. The number of hydrogen-bond donors (Lipinski definition) is 1. The molecule has 35 heavy (non-hydrogen) atoms. The maximum atomic E-state index is 13.1. The molecular formula is C24H28N6O4S. The van der Waals surface area contributed by atoms with Gasteiger partial charge in [-0.25, -0.2) is 0 Å². The molecule has 3 aromatic rings. The number of fused-ring (bicyclic) bond motifs is 1. The molecule has 1 aliphatic rings. The van der Waals surface area contributed by atoms with Gasteiger partial charge in [0.15, 0.2) is 0 Å². The molecule has 3 heterocycles. The molecule has 4 rings (SSSR count). The third-order valence-corrected chi connectivity index (χ3v) is 6.31. The Kier molecular flexibility index (Phi) is 7.33. The lowest BCUT2D eigenvalue weighted by Gasteiger charge is -2.32. The Balaban J connectivity index is 1.56. The first-order valence-corrected chi connectivity index (χ1v) is 13.2. The number of aryl methyl sites for hydroxylation is 1. The number of aromatic nitrogens is 4. The van der Waals surface area contributed by atoms with E-state index in [4.69, 9.17) is 4.18 Å². The molecule has 0 saturated carbocycles. The van der Waals surface area contributed by atoms with Crippen LogP contribution in [-0.2, 0) is 27.4 Å². The van der Waals surface area contributed by atoms with Crippen LogP contribution in [0.15, 0.2) is 30.3 Å². The van der Waals surface area contributed by atoms with E-state index < -0.39 is 22.1 Å². The van der Waals surface area contributed by atoms with E-state index in [1.54, 1.807) is 11.5 Å². The fraction of sp³-hybridized carbons (Fsp3) is 0.417. The lowest BCUT2D eigenvalue weighted by atomic mass is 10.1. The zero-order valence-corrected chi connectivity index (χ0v) is 20.8. The quantitative estimate of drug-likeness (QED) is 0.390. The second kappa shape index (κ2) is 10.4. The van der Waals surface area contributed by atoms with E-state index in [-0.39, 0.29) is 18.9 Å². The number of nitrogens with zero attached hydrogens (tertiary/aromatic N) is 5. The third kappa shape index (κ3) is 5.96. The molecule has 1 atom stereocenters. The molecule has 2 aromatic heterocycles. The van der Waals surface area contributed by atoms with Crippen LogP contribution in [0.3, 0.4) is 0 Å². The maximum Gasteiger partial charge on any atom is 0.289 e. The molecule has 0 spiro atoms. The van der Waals surface area contributed by atoms with Gasteiger partial charge in [0, 0.05) is 24.2 Å². The molecule has 1 amide bonds. The van der Waals surface area contributed by atoms with Crippen LogP contribution < -0.4 is 10.2 Å². The van der Waals surface area contributed by atoms with E-state index in [2.05, 4.69) is 32.3 Å². The fourth-order valence-electron chi connectivity index (χ4n) is 4.24. The summed E-state index contributed by atoms with van der Waals surface area (Å²) in [6.07, 6.45) is 1.90. The van der Waals surface area contributed by atoms with Crippen molar-refractivity contribution in [3.63, 3.8) is 0 Å². The van der Waals surface area contributed by atoms with E-state index in [9.17, 15) is 13.2 Å². The lowest BCUT2D eigenvalue weighted by Crippen LogP contribution is -2.42. The first-order chi connectivity index (χ1) is 16.7. The van der Waals surface area contributed by atoms with Crippen molar-refractivity contribution < 1.29 is 17.4 Å². The smallest absolute Gasteiger partial charge is 0.289 e. The van der Waals surface area contributed by atoms with Crippen LogP contribution in [0.5, 0.6) is 0 Å². The van der Waals surface area contributed by atoms with Gasteiger partial charge in [-0.15, -0.1) is 16.1 Å². The molecule has 11 heteroatoms. The number of anilines is 1. The van der Waals surface area contributed by atoms with Crippen LogP contribution in [0.4, 0.5) is 5.95 Å². The molecule has 10 nitrogen and oxygen atoms in total. The largest absolute Gasteiger partial charge is 0.344 e. The second-order valence-corrected chi connectivity index (χ2v) is 10.1. The zero-order chi connectivity index (χ0) is 25.0. The maximum absolute atomic E-state index is 13.1. The topological polar surface area (TPSA) is 119 Å². The van der Waals surface area contributed by atoms with Gasteiger partial charge < -0.3 is 10.2 Å². The van der Waals surface area contributed by atoms with E-state index in [1.807, 2.05) is 42.2 Å². The highest BCUT2D eigenvalue weighted by atomic mass is 32.2. The zero-order valence-electron chi connectivity index (χ0n) is 20.0. The minimum Gasteiger partial charge on any atom is -0.344 e. The van der Waals surface area contributed by atoms with E-state index in [0.717, 1.165) is 34.8 Å². The summed E-state index contributed by atoms with van der Waals surface area (Å²) in [6, 6.07) is 9.91.